The van der Waals surface area contributed by atoms with Crippen molar-refractivity contribution in [2.45, 2.75) is 6.92 Å². The molecule has 148 valence electrons. The number of hydrogen-bond acceptors (Lipinski definition) is 6. The van der Waals surface area contributed by atoms with Crippen LogP contribution in [0.15, 0.2) is 48.5 Å². The Balaban J connectivity index is 1.69. The van der Waals surface area contributed by atoms with Crippen LogP contribution in [0.4, 0.5) is 5.69 Å². The van der Waals surface area contributed by atoms with E-state index in [1.807, 2.05) is 12.1 Å². The molecule has 0 aromatic heterocycles. The van der Waals surface area contributed by atoms with Crippen LogP contribution in [0.2, 0.25) is 0 Å². The van der Waals surface area contributed by atoms with Crippen LogP contribution in [0.1, 0.15) is 17.3 Å². The molecule has 0 aliphatic heterocycles. The first-order chi connectivity index (χ1) is 13.5. The summed E-state index contributed by atoms with van der Waals surface area (Å²) in [4.78, 5) is 34.7. The highest BCUT2D eigenvalue weighted by molar-refractivity contribution is 5.93. The number of carbonyl (C=O) groups is 3. The third-order valence-corrected chi connectivity index (χ3v) is 3.53. The second kappa shape index (κ2) is 10.6. The maximum Gasteiger partial charge on any atom is 0.338 e. The monoisotopic (exact) mass is 386 g/mol. The number of benzene rings is 2. The Morgan fingerprint density at radius 2 is 1.64 bits per heavy atom. The second-order valence-electron chi connectivity index (χ2n) is 5.68. The average Bonchev–Trinajstić information content (AvgIpc) is 2.69. The maximum atomic E-state index is 11.9. The highest BCUT2D eigenvalue weighted by atomic mass is 16.5. The van der Waals surface area contributed by atoms with E-state index in [2.05, 4.69) is 10.6 Å². The van der Waals surface area contributed by atoms with Crippen LogP contribution in [-0.2, 0) is 14.3 Å². The number of rotatable bonds is 9. The van der Waals surface area contributed by atoms with E-state index in [0.717, 1.165) is 0 Å². The lowest BCUT2D eigenvalue weighted by Gasteiger charge is -2.11. The molecule has 0 atom stereocenters. The number of para-hydroxylation sites is 2. The third kappa shape index (κ3) is 6.64. The number of carbonyl (C=O) groups excluding carboxylic acids is 3. The van der Waals surface area contributed by atoms with Gasteiger partial charge >= 0.3 is 5.97 Å². The van der Waals surface area contributed by atoms with Crippen molar-refractivity contribution < 1.29 is 28.6 Å². The molecule has 0 heterocycles. The first kappa shape index (κ1) is 20.8. The molecule has 0 spiro atoms. The molecule has 8 heteroatoms. The zero-order valence-electron chi connectivity index (χ0n) is 15.7. The maximum absolute atomic E-state index is 11.9. The third-order valence-electron chi connectivity index (χ3n) is 3.53. The Labute approximate surface area is 162 Å². The first-order valence-electron chi connectivity index (χ1n) is 8.57. The molecule has 0 bridgehead atoms. The summed E-state index contributed by atoms with van der Waals surface area (Å²) in [5, 5.41) is 5.19. The van der Waals surface area contributed by atoms with Crippen LogP contribution in [-0.4, -0.2) is 44.7 Å². The Morgan fingerprint density at radius 1 is 0.964 bits per heavy atom. The van der Waals surface area contributed by atoms with Crippen molar-refractivity contribution in [3.63, 3.8) is 0 Å². The predicted octanol–water partition coefficient (Wildman–Crippen LogP) is 2.01. The van der Waals surface area contributed by atoms with Gasteiger partial charge in [-0.05, 0) is 36.4 Å². The molecule has 0 unspecified atom stereocenters. The summed E-state index contributed by atoms with van der Waals surface area (Å²) in [7, 11) is 1.55. The van der Waals surface area contributed by atoms with E-state index in [1.54, 1.807) is 31.4 Å². The van der Waals surface area contributed by atoms with Crippen molar-refractivity contribution in [1.82, 2.24) is 5.32 Å². The molecular formula is C20H22N2O6. The Kier molecular flexibility index (Phi) is 7.83. The highest BCUT2D eigenvalue weighted by Gasteiger charge is 2.10. The van der Waals surface area contributed by atoms with Crippen LogP contribution in [0.25, 0.3) is 0 Å². The molecule has 2 aromatic carbocycles. The van der Waals surface area contributed by atoms with E-state index in [0.29, 0.717) is 17.2 Å². The summed E-state index contributed by atoms with van der Waals surface area (Å²) in [6, 6.07) is 13.4. The zero-order valence-corrected chi connectivity index (χ0v) is 15.7. The van der Waals surface area contributed by atoms with Gasteiger partial charge < -0.3 is 24.8 Å². The molecule has 2 amide bonds. The Morgan fingerprint density at radius 3 is 2.29 bits per heavy atom. The summed E-state index contributed by atoms with van der Waals surface area (Å²) in [5.41, 5.74) is 0.846. The quantitative estimate of drug-likeness (QED) is 0.505. The lowest BCUT2D eigenvalue weighted by molar-refractivity contribution is -0.124. The summed E-state index contributed by atoms with van der Waals surface area (Å²) < 4.78 is 15.7. The van der Waals surface area contributed by atoms with E-state index >= 15 is 0 Å². The number of methoxy groups -OCH3 is 1. The number of nitrogens with one attached hydrogen (secondary N) is 2. The van der Waals surface area contributed by atoms with Crippen LogP contribution in [0, 0.1) is 0 Å². The molecule has 0 aliphatic rings. The average molecular weight is 386 g/mol. The van der Waals surface area contributed by atoms with Gasteiger partial charge in [0.15, 0.2) is 18.1 Å². The molecule has 2 N–H and O–H groups in total. The number of esters is 1. The van der Waals surface area contributed by atoms with Crippen LogP contribution >= 0.6 is 0 Å². The van der Waals surface area contributed by atoms with Crippen LogP contribution < -0.4 is 20.1 Å². The predicted molar refractivity (Wildman–Crippen MR) is 103 cm³/mol. The molecular weight excluding hydrogens is 364 g/mol. The smallest absolute Gasteiger partial charge is 0.338 e. The molecule has 0 aliphatic carbocycles. The van der Waals surface area contributed by atoms with Gasteiger partial charge in [-0.3, -0.25) is 9.59 Å². The van der Waals surface area contributed by atoms with E-state index in [9.17, 15) is 14.4 Å². The molecule has 8 nitrogen and oxygen atoms in total. The Hall–Kier alpha value is -3.55. The number of hydrogen-bond donors (Lipinski definition) is 2. The fourth-order valence-electron chi connectivity index (χ4n) is 2.25. The largest absolute Gasteiger partial charge is 0.493 e. The Bertz CT molecular complexity index is 820. The van der Waals surface area contributed by atoms with Gasteiger partial charge in [0.25, 0.3) is 5.91 Å². The number of anilines is 1. The van der Waals surface area contributed by atoms with Gasteiger partial charge in [-0.1, -0.05) is 12.1 Å². The number of ether oxygens (including phenoxy) is 3. The summed E-state index contributed by atoms with van der Waals surface area (Å²) in [6.07, 6.45) is 0. The van der Waals surface area contributed by atoms with E-state index < -0.39 is 18.5 Å². The van der Waals surface area contributed by atoms with E-state index in [-0.39, 0.29) is 24.6 Å². The molecule has 2 rings (SSSR count). The van der Waals surface area contributed by atoms with Crippen molar-refractivity contribution in [2.24, 2.45) is 0 Å². The molecule has 0 saturated carbocycles. The van der Waals surface area contributed by atoms with Gasteiger partial charge in [-0.2, -0.15) is 0 Å². The molecule has 28 heavy (non-hydrogen) atoms. The zero-order chi connectivity index (χ0) is 20.4. The van der Waals surface area contributed by atoms with Gasteiger partial charge in [0.1, 0.15) is 6.61 Å². The lowest BCUT2D eigenvalue weighted by atomic mass is 10.2. The van der Waals surface area contributed by atoms with Gasteiger partial charge in [0.05, 0.1) is 19.2 Å². The van der Waals surface area contributed by atoms with E-state index in [4.69, 9.17) is 14.2 Å². The molecule has 0 saturated heterocycles. The van der Waals surface area contributed by atoms with Gasteiger partial charge in [0.2, 0.25) is 5.91 Å². The summed E-state index contributed by atoms with van der Waals surface area (Å²) in [6.45, 7) is 1.48. The van der Waals surface area contributed by atoms with E-state index in [1.165, 1.54) is 19.1 Å². The molecule has 2 aromatic rings. The SMILES string of the molecule is COc1ccccc1OCCNC(=O)COC(=O)c1ccc(NC(C)=O)cc1. The lowest BCUT2D eigenvalue weighted by Crippen LogP contribution is -2.32. The highest BCUT2D eigenvalue weighted by Crippen LogP contribution is 2.25. The van der Waals surface area contributed by atoms with Crippen molar-refractivity contribution in [2.75, 3.05) is 32.2 Å². The van der Waals surface area contributed by atoms with Gasteiger partial charge in [-0.25, -0.2) is 4.79 Å². The minimum absolute atomic E-state index is 0.207. The van der Waals surface area contributed by atoms with Gasteiger partial charge in [-0.15, -0.1) is 0 Å². The first-order valence-corrected chi connectivity index (χ1v) is 8.57. The van der Waals surface area contributed by atoms with Gasteiger partial charge in [0, 0.05) is 12.6 Å². The van der Waals surface area contributed by atoms with Crippen molar-refractivity contribution in [1.29, 1.82) is 0 Å². The van der Waals surface area contributed by atoms with Crippen LogP contribution in [0.5, 0.6) is 11.5 Å². The number of amides is 2. The summed E-state index contributed by atoms with van der Waals surface area (Å²) in [5.74, 6) is -0.0935. The minimum Gasteiger partial charge on any atom is -0.493 e. The van der Waals surface area contributed by atoms with Crippen molar-refractivity contribution >= 4 is 23.5 Å². The van der Waals surface area contributed by atoms with Crippen LogP contribution in [0.3, 0.4) is 0 Å². The van der Waals surface area contributed by atoms with Crippen molar-refractivity contribution in [3.05, 3.63) is 54.1 Å². The normalized spacial score (nSPS) is 9.93. The fraction of sp³-hybridized carbons (Fsp3) is 0.250. The standard InChI is InChI=1S/C20H22N2O6/c1-14(23)22-16-9-7-15(8-10-16)20(25)28-13-19(24)21-11-12-27-18-6-4-3-5-17(18)26-2/h3-10H,11-13H2,1-2H3,(H,21,24)(H,22,23). The summed E-state index contributed by atoms with van der Waals surface area (Å²) >= 11 is 0. The second-order valence-corrected chi connectivity index (χ2v) is 5.68. The fourth-order valence-corrected chi connectivity index (χ4v) is 2.25. The molecule has 0 fully saturated rings. The minimum atomic E-state index is -0.630. The van der Waals surface area contributed by atoms with Crippen molar-refractivity contribution in [3.8, 4) is 11.5 Å². The topological polar surface area (TPSA) is 103 Å². The molecule has 0 radical (unpaired) electrons.